The molecular formula is C21H17ClN8O2. The molecule has 0 spiro atoms. The van der Waals surface area contributed by atoms with Gasteiger partial charge in [-0.3, -0.25) is 10.1 Å². The SMILES string of the molecule is [C-]#[N+]c1ccc(Nc2cc(NCC3CC3)n3ncc(/C=C4\NC(=O)NC4=O)c3n2)c(Cl)c1. The van der Waals surface area contributed by atoms with E-state index in [0.29, 0.717) is 39.3 Å². The van der Waals surface area contributed by atoms with E-state index in [1.54, 1.807) is 28.9 Å². The van der Waals surface area contributed by atoms with Gasteiger partial charge >= 0.3 is 6.03 Å². The fraction of sp³-hybridized carbons (Fsp3) is 0.190. The van der Waals surface area contributed by atoms with Crippen molar-refractivity contribution in [3.05, 3.63) is 58.2 Å². The highest BCUT2D eigenvalue weighted by molar-refractivity contribution is 6.33. The lowest BCUT2D eigenvalue weighted by atomic mass is 10.2. The number of aromatic nitrogens is 3. The summed E-state index contributed by atoms with van der Waals surface area (Å²) in [6.07, 6.45) is 5.50. The number of carbonyl (C=O) groups excluding carboxylic acids is 2. The van der Waals surface area contributed by atoms with Gasteiger partial charge in [-0.25, -0.2) is 14.6 Å². The van der Waals surface area contributed by atoms with Crippen LogP contribution in [0.4, 0.5) is 27.8 Å². The van der Waals surface area contributed by atoms with Crippen molar-refractivity contribution in [2.24, 2.45) is 5.92 Å². The van der Waals surface area contributed by atoms with E-state index in [-0.39, 0.29) is 5.70 Å². The molecule has 1 saturated heterocycles. The summed E-state index contributed by atoms with van der Waals surface area (Å²) in [6, 6.07) is 6.22. The third kappa shape index (κ3) is 3.93. The molecule has 11 heteroatoms. The van der Waals surface area contributed by atoms with Gasteiger partial charge < -0.3 is 16.0 Å². The minimum atomic E-state index is -0.572. The first-order valence-corrected chi connectivity index (χ1v) is 10.3. The number of benzene rings is 1. The van der Waals surface area contributed by atoms with Gasteiger partial charge in [0, 0.05) is 18.2 Å². The molecule has 1 aliphatic heterocycles. The van der Waals surface area contributed by atoms with Gasteiger partial charge in [-0.2, -0.15) is 9.61 Å². The summed E-state index contributed by atoms with van der Waals surface area (Å²) in [5, 5.41) is 16.0. The third-order valence-electron chi connectivity index (χ3n) is 5.13. The average molecular weight is 449 g/mol. The smallest absolute Gasteiger partial charge is 0.326 e. The number of imide groups is 1. The number of halogens is 1. The van der Waals surface area contributed by atoms with Crippen molar-refractivity contribution >= 4 is 58.3 Å². The van der Waals surface area contributed by atoms with Crippen LogP contribution >= 0.6 is 11.6 Å². The van der Waals surface area contributed by atoms with E-state index < -0.39 is 11.9 Å². The van der Waals surface area contributed by atoms with Crippen LogP contribution in [-0.4, -0.2) is 33.1 Å². The zero-order chi connectivity index (χ0) is 22.2. The van der Waals surface area contributed by atoms with Gasteiger partial charge in [0.1, 0.15) is 17.3 Å². The molecule has 10 nitrogen and oxygen atoms in total. The Labute approximate surface area is 187 Å². The van der Waals surface area contributed by atoms with Crippen LogP contribution < -0.4 is 21.3 Å². The molecule has 3 heterocycles. The Morgan fingerprint density at radius 1 is 1.28 bits per heavy atom. The second kappa shape index (κ2) is 7.86. The van der Waals surface area contributed by atoms with Gasteiger partial charge in [0.2, 0.25) is 0 Å². The molecule has 0 bridgehead atoms. The second-order valence-corrected chi connectivity index (χ2v) is 7.96. The van der Waals surface area contributed by atoms with Crippen molar-refractivity contribution in [1.82, 2.24) is 25.2 Å². The summed E-state index contributed by atoms with van der Waals surface area (Å²) in [4.78, 5) is 31.4. The van der Waals surface area contributed by atoms with Crippen LogP contribution in [0.15, 0.2) is 36.2 Å². The predicted octanol–water partition coefficient (Wildman–Crippen LogP) is 3.68. The Morgan fingerprint density at radius 2 is 2.12 bits per heavy atom. The molecule has 0 unspecified atom stereocenters. The Morgan fingerprint density at radius 3 is 2.81 bits per heavy atom. The molecule has 32 heavy (non-hydrogen) atoms. The van der Waals surface area contributed by atoms with Crippen LogP contribution in [0.25, 0.3) is 16.6 Å². The fourth-order valence-corrected chi connectivity index (χ4v) is 3.52. The number of rotatable bonds is 6. The van der Waals surface area contributed by atoms with Crippen molar-refractivity contribution in [2.75, 3.05) is 17.2 Å². The van der Waals surface area contributed by atoms with Crippen LogP contribution in [0.1, 0.15) is 18.4 Å². The summed E-state index contributed by atoms with van der Waals surface area (Å²) in [5.74, 6) is 1.36. The van der Waals surface area contributed by atoms with Crippen molar-refractivity contribution in [2.45, 2.75) is 12.8 Å². The highest BCUT2D eigenvalue weighted by Crippen LogP contribution is 2.32. The van der Waals surface area contributed by atoms with Gasteiger partial charge in [-0.15, -0.1) is 0 Å². The lowest BCUT2D eigenvalue weighted by Gasteiger charge is -2.13. The standard InChI is InChI=1S/C21H17ClN8O2/c1-23-13-4-5-15(14(22)7-13)26-17-8-18(24-9-11-2-3-11)30-19(28-17)12(10-25-30)6-16-20(31)29-21(32)27-16/h4-8,10-11,24H,2-3,9H2,(H,26,28)(H2,27,29,31,32)/b16-6-. The first-order valence-electron chi connectivity index (χ1n) is 9.91. The van der Waals surface area contributed by atoms with Crippen molar-refractivity contribution < 1.29 is 9.59 Å². The molecule has 0 atom stereocenters. The number of carbonyl (C=O) groups is 2. The van der Waals surface area contributed by atoms with Crippen molar-refractivity contribution in [3.63, 3.8) is 0 Å². The number of amides is 3. The summed E-state index contributed by atoms with van der Waals surface area (Å²) >= 11 is 6.32. The van der Waals surface area contributed by atoms with Crippen molar-refractivity contribution in [3.8, 4) is 0 Å². The molecule has 0 radical (unpaired) electrons. The molecule has 2 fully saturated rings. The first-order chi connectivity index (χ1) is 15.5. The number of nitrogens with zero attached hydrogens (tertiary/aromatic N) is 4. The van der Waals surface area contributed by atoms with Gasteiger partial charge in [0.25, 0.3) is 5.91 Å². The van der Waals surface area contributed by atoms with E-state index in [1.807, 2.05) is 6.07 Å². The molecule has 1 aromatic carbocycles. The van der Waals surface area contributed by atoms with Gasteiger partial charge in [-0.05, 0) is 37.0 Å². The fourth-order valence-electron chi connectivity index (χ4n) is 3.29. The van der Waals surface area contributed by atoms with E-state index in [4.69, 9.17) is 18.2 Å². The van der Waals surface area contributed by atoms with Crippen LogP contribution in [0.3, 0.4) is 0 Å². The molecule has 160 valence electrons. The summed E-state index contributed by atoms with van der Waals surface area (Å²) in [7, 11) is 0. The van der Waals surface area contributed by atoms with E-state index in [0.717, 1.165) is 12.4 Å². The molecule has 3 amide bonds. The summed E-state index contributed by atoms with van der Waals surface area (Å²) in [6.45, 7) is 7.93. The predicted molar refractivity (Wildman–Crippen MR) is 120 cm³/mol. The maximum atomic E-state index is 11.9. The van der Waals surface area contributed by atoms with E-state index in [9.17, 15) is 9.59 Å². The Kier molecular flexibility index (Phi) is 4.88. The second-order valence-electron chi connectivity index (χ2n) is 7.55. The van der Waals surface area contributed by atoms with E-state index >= 15 is 0 Å². The topological polar surface area (TPSA) is 117 Å². The molecule has 5 rings (SSSR count). The summed E-state index contributed by atoms with van der Waals surface area (Å²) in [5.41, 5.74) is 2.21. The number of nitrogens with one attached hydrogen (secondary N) is 4. The highest BCUT2D eigenvalue weighted by atomic mass is 35.5. The van der Waals surface area contributed by atoms with Gasteiger partial charge in [0.05, 0.1) is 23.5 Å². The molecule has 2 aromatic heterocycles. The largest absolute Gasteiger partial charge is 0.370 e. The lowest BCUT2D eigenvalue weighted by molar-refractivity contribution is -0.115. The zero-order valence-electron chi connectivity index (χ0n) is 16.6. The highest BCUT2D eigenvalue weighted by Gasteiger charge is 2.24. The quantitative estimate of drug-likeness (QED) is 0.259. The molecule has 4 N–H and O–H groups in total. The molecule has 3 aromatic rings. The van der Waals surface area contributed by atoms with Crippen LogP contribution in [0.5, 0.6) is 0 Å². The van der Waals surface area contributed by atoms with E-state index in [1.165, 1.54) is 18.9 Å². The van der Waals surface area contributed by atoms with Crippen LogP contribution in [0, 0.1) is 12.5 Å². The van der Waals surface area contributed by atoms with Crippen LogP contribution in [0.2, 0.25) is 5.02 Å². The van der Waals surface area contributed by atoms with Crippen LogP contribution in [-0.2, 0) is 4.79 Å². The van der Waals surface area contributed by atoms with Crippen molar-refractivity contribution in [1.29, 1.82) is 0 Å². The zero-order valence-corrected chi connectivity index (χ0v) is 17.4. The maximum absolute atomic E-state index is 11.9. The molecule has 2 aliphatic rings. The van der Waals surface area contributed by atoms with Gasteiger partial charge in [-0.1, -0.05) is 17.7 Å². The Bertz CT molecular complexity index is 1340. The average Bonchev–Trinajstić information content (AvgIpc) is 3.44. The van der Waals surface area contributed by atoms with Gasteiger partial charge in [0.15, 0.2) is 11.3 Å². The lowest BCUT2D eigenvalue weighted by Crippen LogP contribution is -2.22. The number of hydrogen-bond donors (Lipinski definition) is 4. The minimum absolute atomic E-state index is 0.121. The number of hydrogen-bond acceptors (Lipinski definition) is 6. The monoisotopic (exact) mass is 448 g/mol. The summed E-state index contributed by atoms with van der Waals surface area (Å²) < 4.78 is 1.65. The first kappa shape index (κ1) is 19.8. The number of anilines is 3. The molecule has 1 saturated carbocycles. The number of urea groups is 1. The molecular weight excluding hydrogens is 432 g/mol. The molecule has 1 aliphatic carbocycles. The Hall–Kier alpha value is -4.10. The normalized spacial score (nSPS) is 16.7. The minimum Gasteiger partial charge on any atom is -0.370 e. The Balaban J connectivity index is 1.55. The van der Waals surface area contributed by atoms with E-state index in [2.05, 4.69) is 36.2 Å². The number of fused-ring (bicyclic) bond motifs is 1. The maximum Gasteiger partial charge on any atom is 0.326 e. The third-order valence-corrected chi connectivity index (χ3v) is 5.44.